The molecule has 0 spiro atoms. The van der Waals surface area contributed by atoms with Crippen molar-refractivity contribution in [1.29, 1.82) is 0 Å². The monoisotopic (exact) mass is 423 g/mol. The predicted octanol–water partition coefficient (Wildman–Crippen LogP) is 2.09. The largest absolute Gasteiger partial charge is 0.379 e. The minimum absolute atomic E-state index is 0.00736. The molecule has 0 bridgehead atoms. The molecule has 1 aliphatic heterocycles. The smallest absolute Gasteiger partial charge is 0.253 e. The number of rotatable bonds is 7. The second kappa shape index (κ2) is 11.5. The van der Waals surface area contributed by atoms with Crippen LogP contribution in [-0.4, -0.2) is 69.1 Å². The molecular weight excluding hydrogens is 390 g/mol. The molecule has 2 aromatic carbocycles. The predicted molar refractivity (Wildman–Crippen MR) is 124 cm³/mol. The van der Waals surface area contributed by atoms with Crippen molar-refractivity contribution >= 4 is 11.9 Å². The molecule has 1 fully saturated rings. The summed E-state index contributed by atoms with van der Waals surface area (Å²) in [5, 5.41) is 6.67. The molecule has 31 heavy (non-hydrogen) atoms. The fourth-order valence-electron chi connectivity index (χ4n) is 3.40. The maximum atomic E-state index is 12.0. The van der Waals surface area contributed by atoms with Crippen molar-refractivity contribution in [1.82, 2.24) is 20.4 Å². The molecule has 1 heterocycles. The number of ether oxygens (including phenoxy) is 1. The van der Waals surface area contributed by atoms with E-state index in [2.05, 4.69) is 44.8 Å². The van der Waals surface area contributed by atoms with E-state index in [1.54, 1.807) is 26.0 Å². The number of benzene rings is 2. The maximum absolute atomic E-state index is 12.0. The normalized spacial score (nSPS) is 14.9. The van der Waals surface area contributed by atoms with Gasteiger partial charge in [0.05, 0.1) is 13.2 Å². The highest BCUT2D eigenvalue weighted by molar-refractivity contribution is 5.93. The van der Waals surface area contributed by atoms with Crippen molar-refractivity contribution in [3.8, 4) is 0 Å². The minimum atomic E-state index is 0.00736. The zero-order valence-electron chi connectivity index (χ0n) is 18.7. The van der Waals surface area contributed by atoms with Gasteiger partial charge in [0.15, 0.2) is 5.96 Å². The van der Waals surface area contributed by atoms with Crippen LogP contribution in [0.3, 0.4) is 0 Å². The van der Waals surface area contributed by atoms with E-state index in [9.17, 15) is 4.79 Å². The number of hydrogen-bond acceptors (Lipinski definition) is 4. The molecule has 1 amide bonds. The number of amides is 1. The molecule has 2 aromatic rings. The Labute approximate surface area is 185 Å². The third-order valence-electron chi connectivity index (χ3n) is 5.28. The van der Waals surface area contributed by atoms with Crippen molar-refractivity contribution in [2.24, 2.45) is 4.99 Å². The van der Waals surface area contributed by atoms with Crippen LogP contribution in [0.2, 0.25) is 0 Å². The highest BCUT2D eigenvalue weighted by Crippen LogP contribution is 2.09. The van der Waals surface area contributed by atoms with Crippen LogP contribution in [0, 0.1) is 0 Å². The van der Waals surface area contributed by atoms with Gasteiger partial charge < -0.3 is 20.3 Å². The molecule has 0 aromatic heterocycles. The first-order valence-electron chi connectivity index (χ1n) is 10.7. The van der Waals surface area contributed by atoms with Crippen LogP contribution in [0.25, 0.3) is 0 Å². The lowest BCUT2D eigenvalue weighted by molar-refractivity contribution is 0.0342. The fraction of sp³-hybridized carbons (Fsp3) is 0.417. The van der Waals surface area contributed by atoms with E-state index >= 15 is 0 Å². The molecule has 7 heteroatoms. The van der Waals surface area contributed by atoms with Crippen LogP contribution in [0.5, 0.6) is 0 Å². The number of nitrogens with zero attached hydrogens (tertiary/aromatic N) is 3. The number of hydrogen-bond donors (Lipinski definition) is 2. The molecule has 0 saturated carbocycles. The minimum Gasteiger partial charge on any atom is -0.379 e. The Kier molecular flexibility index (Phi) is 8.44. The Balaban J connectivity index is 1.44. The number of nitrogens with one attached hydrogen (secondary N) is 2. The van der Waals surface area contributed by atoms with E-state index in [-0.39, 0.29) is 5.91 Å². The number of carbonyl (C=O) groups excluding carboxylic acids is 1. The second-order valence-electron chi connectivity index (χ2n) is 7.88. The Morgan fingerprint density at radius 3 is 1.97 bits per heavy atom. The van der Waals surface area contributed by atoms with Gasteiger partial charge in [-0.05, 0) is 28.8 Å². The topological polar surface area (TPSA) is 69.2 Å². The van der Waals surface area contributed by atoms with Crippen molar-refractivity contribution in [3.05, 3.63) is 70.8 Å². The molecule has 7 nitrogen and oxygen atoms in total. The van der Waals surface area contributed by atoms with Gasteiger partial charge in [-0.1, -0.05) is 36.4 Å². The van der Waals surface area contributed by atoms with Gasteiger partial charge in [-0.25, -0.2) is 0 Å². The lowest BCUT2D eigenvalue weighted by Crippen LogP contribution is -2.36. The zero-order chi connectivity index (χ0) is 22.1. The molecule has 0 unspecified atom stereocenters. The van der Waals surface area contributed by atoms with Crippen LogP contribution in [-0.2, 0) is 24.4 Å². The van der Waals surface area contributed by atoms with Crippen LogP contribution < -0.4 is 10.6 Å². The zero-order valence-corrected chi connectivity index (χ0v) is 18.7. The van der Waals surface area contributed by atoms with Gasteiger partial charge >= 0.3 is 0 Å². The van der Waals surface area contributed by atoms with Gasteiger partial charge in [0.25, 0.3) is 5.91 Å². The lowest BCUT2D eigenvalue weighted by atomic mass is 10.1. The summed E-state index contributed by atoms with van der Waals surface area (Å²) >= 11 is 0. The fourth-order valence-corrected chi connectivity index (χ4v) is 3.40. The highest BCUT2D eigenvalue weighted by Gasteiger charge is 2.10. The van der Waals surface area contributed by atoms with Crippen LogP contribution in [0.15, 0.2) is 53.5 Å². The Bertz CT molecular complexity index is 857. The van der Waals surface area contributed by atoms with E-state index in [1.165, 1.54) is 11.1 Å². The molecule has 1 aliphatic rings. The van der Waals surface area contributed by atoms with E-state index in [4.69, 9.17) is 4.74 Å². The van der Waals surface area contributed by atoms with Crippen LogP contribution in [0.1, 0.15) is 27.0 Å². The van der Waals surface area contributed by atoms with Crippen LogP contribution in [0.4, 0.5) is 0 Å². The van der Waals surface area contributed by atoms with Gasteiger partial charge in [-0.15, -0.1) is 0 Å². The van der Waals surface area contributed by atoms with E-state index in [0.29, 0.717) is 18.7 Å². The molecule has 0 atom stereocenters. The lowest BCUT2D eigenvalue weighted by Gasteiger charge is -2.26. The molecule has 0 radical (unpaired) electrons. The summed E-state index contributed by atoms with van der Waals surface area (Å²) < 4.78 is 5.41. The first kappa shape index (κ1) is 22.8. The summed E-state index contributed by atoms with van der Waals surface area (Å²) in [6.45, 7) is 5.96. The second-order valence-corrected chi connectivity index (χ2v) is 7.88. The maximum Gasteiger partial charge on any atom is 0.253 e. The third kappa shape index (κ3) is 7.08. The van der Waals surface area contributed by atoms with Crippen molar-refractivity contribution < 1.29 is 9.53 Å². The van der Waals surface area contributed by atoms with Gasteiger partial charge in [0, 0.05) is 59.4 Å². The standard InChI is InChI=1S/C24H33N5O2/c1-25-24(27-17-20-8-10-22(11-9-20)23(30)28(2)3)26-16-19-4-6-21(7-5-19)18-29-12-14-31-15-13-29/h4-11H,12-18H2,1-3H3,(H2,25,26,27). The summed E-state index contributed by atoms with van der Waals surface area (Å²) in [4.78, 5) is 20.3. The number of guanidine groups is 1. The Hall–Kier alpha value is -2.90. The molecule has 166 valence electrons. The van der Waals surface area contributed by atoms with Gasteiger partial charge in [-0.3, -0.25) is 14.7 Å². The first-order valence-corrected chi connectivity index (χ1v) is 10.7. The molecule has 2 N–H and O–H groups in total. The average Bonchev–Trinajstić information content (AvgIpc) is 2.80. The SMILES string of the molecule is CN=C(NCc1ccc(CN2CCOCC2)cc1)NCc1ccc(C(=O)N(C)C)cc1. The third-order valence-corrected chi connectivity index (χ3v) is 5.28. The van der Waals surface area contributed by atoms with Gasteiger partial charge in [-0.2, -0.15) is 0 Å². The molecular formula is C24H33N5O2. The van der Waals surface area contributed by atoms with Crippen LogP contribution >= 0.6 is 0 Å². The van der Waals surface area contributed by atoms with E-state index in [1.807, 2.05) is 24.3 Å². The Morgan fingerprint density at radius 1 is 0.935 bits per heavy atom. The number of morpholine rings is 1. The summed E-state index contributed by atoms with van der Waals surface area (Å²) in [6.07, 6.45) is 0. The Morgan fingerprint density at radius 2 is 1.45 bits per heavy atom. The molecule has 3 rings (SSSR count). The summed E-state index contributed by atoms with van der Waals surface area (Å²) in [7, 11) is 5.27. The van der Waals surface area contributed by atoms with Gasteiger partial charge in [0.2, 0.25) is 0 Å². The molecule has 1 saturated heterocycles. The van der Waals surface area contributed by atoms with E-state index in [0.717, 1.165) is 44.4 Å². The first-order chi connectivity index (χ1) is 15.0. The number of aliphatic imine (C=N–C) groups is 1. The highest BCUT2D eigenvalue weighted by atomic mass is 16.5. The van der Waals surface area contributed by atoms with Crippen molar-refractivity contribution in [2.75, 3.05) is 47.4 Å². The quantitative estimate of drug-likeness (QED) is 0.527. The molecule has 0 aliphatic carbocycles. The van der Waals surface area contributed by atoms with Gasteiger partial charge in [0.1, 0.15) is 0 Å². The van der Waals surface area contributed by atoms with Crippen molar-refractivity contribution in [2.45, 2.75) is 19.6 Å². The van der Waals surface area contributed by atoms with Crippen molar-refractivity contribution in [3.63, 3.8) is 0 Å². The number of carbonyl (C=O) groups is 1. The summed E-state index contributed by atoms with van der Waals surface area (Å²) in [5.74, 6) is 0.749. The average molecular weight is 424 g/mol. The summed E-state index contributed by atoms with van der Waals surface area (Å²) in [5.41, 5.74) is 4.31. The summed E-state index contributed by atoms with van der Waals surface area (Å²) in [6, 6.07) is 16.3. The van der Waals surface area contributed by atoms with E-state index < -0.39 is 0 Å².